The predicted octanol–water partition coefficient (Wildman–Crippen LogP) is 4.54. The minimum Gasteiger partial charge on any atom is -0.393 e. The van der Waals surface area contributed by atoms with E-state index >= 15 is 0 Å². The Hall–Kier alpha value is -1.98. The van der Waals surface area contributed by atoms with E-state index in [9.17, 15) is 10.1 Å². The average Bonchev–Trinajstić information content (AvgIpc) is 2.35. The van der Waals surface area contributed by atoms with E-state index in [0.717, 1.165) is 5.56 Å². The molecule has 0 aliphatic rings. The number of nitrogens with one attached hydrogen (secondary N) is 1. The van der Waals surface area contributed by atoms with E-state index in [1.165, 1.54) is 6.07 Å². The van der Waals surface area contributed by atoms with Gasteiger partial charge in [-0.2, -0.15) is 0 Å². The lowest BCUT2D eigenvalue weighted by molar-refractivity contribution is -0.383. The van der Waals surface area contributed by atoms with Crippen molar-refractivity contribution in [2.75, 3.05) is 11.1 Å². The number of hydrogen-bond donors (Lipinski definition) is 2. The monoisotopic (exact) mass is 311 g/mol. The summed E-state index contributed by atoms with van der Waals surface area (Å²) < 4.78 is 0. The Balaban J connectivity index is 2.48. The molecule has 0 bridgehead atoms. The number of nitro groups is 1. The van der Waals surface area contributed by atoms with Gasteiger partial charge in [0, 0.05) is 5.02 Å². The van der Waals surface area contributed by atoms with Crippen LogP contribution in [0.3, 0.4) is 0 Å². The topological polar surface area (TPSA) is 81.2 Å². The molecule has 104 valence electrons. The molecule has 0 heterocycles. The van der Waals surface area contributed by atoms with E-state index in [1.807, 2.05) is 6.92 Å². The maximum Gasteiger partial charge on any atom is 0.315 e. The molecule has 0 radical (unpaired) electrons. The maximum atomic E-state index is 11.1. The van der Waals surface area contributed by atoms with E-state index in [1.54, 1.807) is 24.3 Å². The molecule has 2 aromatic carbocycles. The van der Waals surface area contributed by atoms with E-state index in [-0.39, 0.29) is 17.1 Å². The summed E-state index contributed by atoms with van der Waals surface area (Å²) in [5.74, 6) is 0. The summed E-state index contributed by atoms with van der Waals surface area (Å²) in [6, 6.07) is 7.94. The third-order valence-corrected chi connectivity index (χ3v) is 3.49. The summed E-state index contributed by atoms with van der Waals surface area (Å²) in [5, 5.41) is 14.9. The fourth-order valence-electron chi connectivity index (χ4n) is 1.75. The summed E-state index contributed by atoms with van der Waals surface area (Å²) in [6.07, 6.45) is 0. The first-order valence-corrected chi connectivity index (χ1v) is 6.41. The smallest absolute Gasteiger partial charge is 0.315 e. The van der Waals surface area contributed by atoms with Crippen LogP contribution in [0.1, 0.15) is 5.56 Å². The number of halogens is 2. The standard InChI is InChI=1S/C13H11Cl2N3O2/c1-7-5-9(15)12(6-8(7)14)17-11-4-2-3-10(16)13(11)18(19)20/h2-6,17H,16H2,1H3. The van der Waals surface area contributed by atoms with Gasteiger partial charge < -0.3 is 11.1 Å². The van der Waals surface area contributed by atoms with Crippen LogP contribution < -0.4 is 11.1 Å². The maximum absolute atomic E-state index is 11.1. The minimum atomic E-state index is -0.540. The molecule has 0 atom stereocenters. The van der Waals surface area contributed by atoms with Crippen molar-refractivity contribution in [3.8, 4) is 0 Å². The van der Waals surface area contributed by atoms with Crippen LogP contribution in [0.2, 0.25) is 10.0 Å². The van der Waals surface area contributed by atoms with E-state index in [2.05, 4.69) is 5.32 Å². The van der Waals surface area contributed by atoms with Gasteiger partial charge >= 0.3 is 5.69 Å². The molecule has 20 heavy (non-hydrogen) atoms. The molecule has 0 amide bonds. The summed E-state index contributed by atoms with van der Waals surface area (Å²) >= 11 is 12.1. The average molecular weight is 312 g/mol. The molecule has 2 aromatic rings. The number of nitrogens with zero attached hydrogens (tertiary/aromatic N) is 1. The quantitative estimate of drug-likeness (QED) is 0.495. The summed E-state index contributed by atoms with van der Waals surface area (Å²) in [4.78, 5) is 10.5. The van der Waals surface area contributed by atoms with Crippen molar-refractivity contribution in [2.24, 2.45) is 0 Å². The Morgan fingerprint density at radius 1 is 1.20 bits per heavy atom. The largest absolute Gasteiger partial charge is 0.393 e. The van der Waals surface area contributed by atoms with Crippen LogP contribution in [0.5, 0.6) is 0 Å². The first-order valence-electron chi connectivity index (χ1n) is 5.65. The van der Waals surface area contributed by atoms with Crippen molar-refractivity contribution >= 4 is 46.0 Å². The number of aryl methyl sites for hydroxylation is 1. The van der Waals surface area contributed by atoms with Crippen LogP contribution in [0.4, 0.5) is 22.7 Å². The molecule has 0 aliphatic heterocycles. The van der Waals surface area contributed by atoms with Crippen molar-refractivity contribution in [1.29, 1.82) is 0 Å². The molecule has 0 aromatic heterocycles. The summed E-state index contributed by atoms with van der Waals surface area (Å²) in [7, 11) is 0. The van der Waals surface area contributed by atoms with Gasteiger partial charge in [-0.1, -0.05) is 29.3 Å². The number of para-hydroxylation sites is 1. The molecule has 2 rings (SSSR count). The molecule has 0 spiro atoms. The number of hydrogen-bond acceptors (Lipinski definition) is 4. The Bertz CT molecular complexity index is 690. The van der Waals surface area contributed by atoms with Crippen molar-refractivity contribution in [3.05, 3.63) is 56.1 Å². The van der Waals surface area contributed by atoms with Crippen molar-refractivity contribution in [1.82, 2.24) is 0 Å². The molecule has 0 saturated heterocycles. The summed E-state index contributed by atoms with van der Waals surface area (Å²) in [6.45, 7) is 1.82. The van der Waals surface area contributed by atoms with Gasteiger partial charge in [-0.25, -0.2) is 0 Å². The van der Waals surface area contributed by atoms with Gasteiger partial charge in [0.25, 0.3) is 0 Å². The van der Waals surface area contributed by atoms with Crippen LogP contribution >= 0.6 is 23.2 Å². The number of nitrogens with two attached hydrogens (primary N) is 1. The third kappa shape index (κ3) is 2.79. The van der Waals surface area contributed by atoms with Gasteiger partial charge in [-0.05, 0) is 36.8 Å². The molecule has 0 aliphatic carbocycles. The lowest BCUT2D eigenvalue weighted by atomic mass is 10.2. The zero-order valence-electron chi connectivity index (χ0n) is 10.5. The summed E-state index contributed by atoms with van der Waals surface area (Å²) in [5.41, 5.74) is 7.08. The second kappa shape index (κ2) is 5.56. The first kappa shape index (κ1) is 14.4. The molecule has 3 N–H and O–H groups in total. The van der Waals surface area contributed by atoms with Gasteiger partial charge in [0.05, 0.1) is 15.6 Å². The third-order valence-electron chi connectivity index (χ3n) is 2.77. The van der Waals surface area contributed by atoms with Crippen molar-refractivity contribution in [2.45, 2.75) is 6.92 Å². The number of nitro benzene ring substituents is 1. The highest BCUT2D eigenvalue weighted by atomic mass is 35.5. The highest BCUT2D eigenvalue weighted by Gasteiger charge is 2.18. The highest BCUT2D eigenvalue weighted by molar-refractivity contribution is 6.35. The SMILES string of the molecule is Cc1cc(Cl)c(Nc2cccc(N)c2[N+](=O)[O-])cc1Cl. The molecule has 5 nitrogen and oxygen atoms in total. The molecule has 0 unspecified atom stereocenters. The van der Waals surface area contributed by atoms with Gasteiger partial charge in [0.1, 0.15) is 11.4 Å². The number of rotatable bonds is 3. The Kier molecular flexibility index (Phi) is 4.01. The van der Waals surface area contributed by atoms with Gasteiger partial charge in [-0.3, -0.25) is 10.1 Å². The van der Waals surface area contributed by atoms with Crippen LogP contribution in [0, 0.1) is 17.0 Å². The van der Waals surface area contributed by atoms with E-state index in [4.69, 9.17) is 28.9 Å². The molecule has 0 saturated carbocycles. The first-order chi connectivity index (χ1) is 9.40. The Labute approximate surface area is 125 Å². The number of nitrogen functional groups attached to an aromatic ring is 1. The van der Waals surface area contributed by atoms with Gasteiger partial charge in [0.2, 0.25) is 0 Å². The lowest BCUT2D eigenvalue weighted by Gasteiger charge is -2.11. The second-order valence-corrected chi connectivity index (χ2v) is 5.02. The van der Waals surface area contributed by atoms with Crippen LogP contribution in [0.15, 0.2) is 30.3 Å². The normalized spacial score (nSPS) is 10.3. The number of benzene rings is 2. The van der Waals surface area contributed by atoms with Crippen molar-refractivity contribution in [3.63, 3.8) is 0 Å². The second-order valence-electron chi connectivity index (χ2n) is 4.21. The molecular formula is C13H11Cl2N3O2. The van der Waals surface area contributed by atoms with Gasteiger partial charge in [-0.15, -0.1) is 0 Å². The van der Waals surface area contributed by atoms with E-state index < -0.39 is 4.92 Å². The Morgan fingerprint density at radius 2 is 1.90 bits per heavy atom. The fourth-order valence-corrected chi connectivity index (χ4v) is 2.18. The van der Waals surface area contributed by atoms with Crippen LogP contribution in [0.25, 0.3) is 0 Å². The molecular weight excluding hydrogens is 301 g/mol. The number of anilines is 3. The zero-order chi connectivity index (χ0) is 14.9. The zero-order valence-corrected chi connectivity index (χ0v) is 12.0. The predicted molar refractivity (Wildman–Crippen MR) is 82.0 cm³/mol. The molecule has 7 heteroatoms. The van der Waals surface area contributed by atoms with Crippen LogP contribution in [-0.2, 0) is 0 Å². The van der Waals surface area contributed by atoms with Crippen LogP contribution in [-0.4, -0.2) is 4.92 Å². The van der Waals surface area contributed by atoms with E-state index in [0.29, 0.717) is 15.7 Å². The molecule has 0 fully saturated rings. The fraction of sp³-hybridized carbons (Fsp3) is 0.0769. The van der Waals surface area contributed by atoms with Crippen molar-refractivity contribution < 1.29 is 4.92 Å². The van der Waals surface area contributed by atoms with Gasteiger partial charge in [0.15, 0.2) is 0 Å². The minimum absolute atomic E-state index is 0.0781. The Morgan fingerprint density at radius 3 is 2.55 bits per heavy atom. The highest BCUT2D eigenvalue weighted by Crippen LogP contribution is 2.36. The lowest BCUT2D eigenvalue weighted by Crippen LogP contribution is -2.01.